The number of rotatable bonds is 2. The average molecular weight is 385 g/mol. The standard InChI is InChI=1S/C19H17BrN2O2/c20-16-7-3-6-14(10-16)17-11-18(24-21-17)19(23)22-9-8-13-4-1-2-5-15(13)12-22/h1-7,10,18H,8-9,11-12H2/t18-/m1/s1. The van der Waals surface area contributed by atoms with E-state index in [9.17, 15) is 4.79 Å². The van der Waals surface area contributed by atoms with Crippen molar-refractivity contribution in [3.05, 3.63) is 69.7 Å². The van der Waals surface area contributed by atoms with Gasteiger partial charge in [-0.3, -0.25) is 4.79 Å². The van der Waals surface area contributed by atoms with Crippen LogP contribution in [0, 0.1) is 0 Å². The van der Waals surface area contributed by atoms with Crippen molar-refractivity contribution in [1.82, 2.24) is 4.90 Å². The van der Waals surface area contributed by atoms with Crippen LogP contribution < -0.4 is 0 Å². The third-order valence-electron chi connectivity index (χ3n) is 4.54. The number of benzene rings is 2. The first-order valence-corrected chi connectivity index (χ1v) is 8.84. The Balaban J connectivity index is 1.44. The van der Waals surface area contributed by atoms with Crippen LogP contribution in [-0.2, 0) is 22.6 Å². The molecule has 4 rings (SSSR count). The molecule has 2 aromatic rings. The zero-order chi connectivity index (χ0) is 16.5. The summed E-state index contributed by atoms with van der Waals surface area (Å²) in [7, 11) is 0. The van der Waals surface area contributed by atoms with E-state index in [0.717, 1.165) is 28.7 Å². The maximum atomic E-state index is 12.8. The van der Waals surface area contributed by atoms with Gasteiger partial charge in [0.1, 0.15) is 0 Å². The van der Waals surface area contributed by atoms with E-state index in [1.54, 1.807) is 0 Å². The highest BCUT2D eigenvalue weighted by molar-refractivity contribution is 9.10. The molecule has 0 unspecified atom stereocenters. The van der Waals surface area contributed by atoms with Gasteiger partial charge in [-0.05, 0) is 29.7 Å². The average Bonchev–Trinajstić information content (AvgIpc) is 3.11. The molecular formula is C19H17BrN2O2. The molecule has 1 amide bonds. The van der Waals surface area contributed by atoms with Crippen molar-refractivity contribution >= 4 is 27.5 Å². The Kier molecular flexibility index (Phi) is 4.10. The first-order valence-electron chi connectivity index (χ1n) is 8.05. The predicted octanol–water partition coefficient (Wildman–Crippen LogP) is 3.53. The second-order valence-electron chi connectivity index (χ2n) is 6.13. The van der Waals surface area contributed by atoms with Gasteiger partial charge < -0.3 is 9.74 Å². The first kappa shape index (κ1) is 15.4. The number of oxime groups is 1. The van der Waals surface area contributed by atoms with Crippen LogP contribution in [-0.4, -0.2) is 29.2 Å². The Morgan fingerprint density at radius 2 is 2.00 bits per heavy atom. The van der Waals surface area contributed by atoms with Gasteiger partial charge in [-0.1, -0.05) is 57.5 Å². The van der Waals surface area contributed by atoms with E-state index in [-0.39, 0.29) is 5.91 Å². The van der Waals surface area contributed by atoms with E-state index in [0.29, 0.717) is 13.0 Å². The summed E-state index contributed by atoms with van der Waals surface area (Å²) < 4.78 is 0.991. The number of fused-ring (bicyclic) bond motifs is 1. The Hall–Kier alpha value is -2.14. The quantitative estimate of drug-likeness (QED) is 0.794. The lowest BCUT2D eigenvalue weighted by Crippen LogP contribution is -2.42. The number of halogens is 1. The van der Waals surface area contributed by atoms with E-state index < -0.39 is 6.10 Å². The van der Waals surface area contributed by atoms with E-state index in [2.05, 4.69) is 39.3 Å². The lowest BCUT2D eigenvalue weighted by atomic mass is 9.98. The van der Waals surface area contributed by atoms with Gasteiger partial charge in [-0.25, -0.2) is 0 Å². The van der Waals surface area contributed by atoms with Crippen molar-refractivity contribution in [2.24, 2.45) is 5.16 Å². The lowest BCUT2D eigenvalue weighted by molar-refractivity contribution is -0.143. The molecule has 0 fully saturated rings. The van der Waals surface area contributed by atoms with Crippen LogP contribution in [0.3, 0.4) is 0 Å². The largest absolute Gasteiger partial charge is 0.382 e. The topological polar surface area (TPSA) is 41.9 Å². The fraction of sp³-hybridized carbons (Fsp3) is 0.263. The van der Waals surface area contributed by atoms with Gasteiger partial charge in [-0.2, -0.15) is 0 Å². The monoisotopic (exact) mass is 384 g/mol. The molecule has 0 saturated heterocycles. The first-order chi connectivity index (χ1) is 11.7. The molecule has 0 spiro atoms. The third kappa shape index (κ3) is 2.96. The van der Waals surface area contributed by atoms with E-state index in [4.69, 9.17) is 4.84 Å². The van der Waals surface area contributed by atoms with Gasteiger partial charge in [0, 0.05) is 29.5 Å². The predicted molar refractivity (Wildman–Crippen MR) is 95.7 cm³/mol. The smallest absolute Gasteiger partial charge is 0.267 e. The number of carbonyl (C=O) groups excluding carboxylic acids is 1. The summed E-state index contributed by atoms with van der Waals surface area (Å²) >= 11 is 3.46. The maximum Gasteiger partial charge on any atom is 0.267 e. The SMILES string of the molecule is O=C([C@H]1CC(c2cccc(Br)c2)=NO1)N1CCc2ccccc2C1. The van der Waals surface area contributed by atoms with Crippen LogP contribution in [0.2, 0.25) is 0 Å². The second kappa shape index (κ2) is 6.40. The highest BCUT2D eigenvalue weighted by atomic mass is 79.9. The van der Waals surface area contributed by atoms with Crippen molar-refractivity contribution in [2.75, 3.05) is 6.54 Å². The second-order valence-corrected chi connectivity index (χ2v) is 7.04. The highest BCUT2D eigenvalue weighted by Gasteiger charge is 2.33. The van der Waals surface area contributed by atoms with Crippen LogP contribution in [0.4, 0.5) is 0 Å². The molecule has 0 N–H and O–H groups in total. The zero-order valence-corrected chi connectivity index (χ0v) is 14.7. The molecule has 24 heavy (non-hydrogen) atoms. The molecule has 0 radical (unpaired) electrons. The highest BCUT2D eigenvalue weighted by Crippen LogP contribution is 2.24. The molecule has 0 aliphatic carbocycles. The molecule has 0 aromatic heterocycles. The minimum absolute atomic E-state index is 0.0262. The molecule has 4 nitrogen and oxygen atoms in total. The van der Waals surface area contributed by atoms with Gasteiger partial charge in [0.15, 0.2) is 0 Å². The molecule has 5 heteroatoms. The number of hydrogen-bond acceptors (Lipinski definition) is 3. The Labute approximate surface area is 149 Å². The van der Waals surface area contributed by atoms with Crippen molar-refractivity contribution in [3.8, 4) is 0 Å². The minimum atomic E-state index is -0.510. The molecule has 2 aliphatic rings. The lowest BCUT2D eigenvalue weighted by Gasteiger charge is -2.30. The zero-order valence-electron chi connectivity index (χ0n) is 13.1. The molecule has 0 saturated carbocycles. The molecule has 0 bridgehead atoms. The Morgan fingerprint density at radius 1 is 1.17 bits per heavy atom. The van der Waals surface area contributed by atoms with Gasteiger partial charge in [0.2, 0.25) is 6.10 Å². The van der Waals surface area contributed by atoms with Crippen molar-refractivity contribution in [3.63, 3.8) is 0 Å². The number of carbonyl (C=O) groups is 1. The van der Waals surface area contributed by atoms with Gasteiger partial charge in [0.05, 0.1) is 5.71 Å². The van der Waals surface area contributed by atoms with Crippen molar-refractivity contribution in [2.45, 2.75) is 25.5 Å². The van der Waals surface area contributed by atoms with E-state index in [1.807, 2.05) is 35.2 Å². The van der Waals surface area contributed by atoms with Crippen LogP contribution in [0.1, 0.15) is 23.1 Å². The molecule has 2 heterocycles. The molecule has 1 atom stereocenters. The van der Waals surface area contributed by atoms with Gasteiger partial charge >= 0.3 is 0 Å². The molecular weight excluding hydrogens is 368 g/mol. The normalized spacial score (nSPS) is 19.5. The number of hydrogen-bond donors (Lipinski definition) is 0. The molecule has 2 aliphatic heterocycles. The van der Waals surface area contributed by atoms with Gasteiger partial charge in [-0.15, -0.1) is 0 Å². The number of amides is 1. The van der Waals surface area contributed by atoms with Crippen molar-refractivity contribution < 1.29 is 9.63 Å². The fourth-order valence-electron chi connectivity index (χ4n) is 3.24. The minimum Gasteiger partial charge on any atom is -0.382 e. The summed E-state index contributed by atoms with van der Waals surface area (Å²) in [5, 5.41) is 4.14. The van der Waals surface area contributed by atoms with Crippen LogP contribution in [0.5, 0.6) is 0 Å². The summed E-state index contributed by atoms with van der Waals surface area (Å²) in [4.78, 5) is 20.1. The fourth-order valence-corrected chi connectivity index (χ4v) is 3.64. The van der Waals surface area contributed by atoms with Gasteiger partial charge in [0.25, 0.3) is 5.91 Å². The summed E-state index contributed by atoms with van der Waals surface area (Å²) in [6.07, 6.45) is 0.908. The Bertz CT molecular complexity index is 819. The Morgan fingerprint density at radius 3 is 2.83 bits per heavy atom. The van der Waals surface area contributed by atoms with Crippen molar-refractivity contribution in [1.29, 1.82) is 0 Å². The van der Waals surface area contributed by atoms with E-state index in [1.165, 1.54) is 11.1 Å². The summed E-state index contributed by atoms with van der Waals surface area (Å²) in [5.41, 5.74) is 4.37. The molecule has 122 valence electrons. The molecule has 2 aromatic carbocycles. The van der Waals surface area contributed by atoms with Crippen LogP contribution in [0.15, 0.2) is 58.2 Å². The van der Waals surface area contributed by atoms with Crippen LogP contribution in [0.25, 0.3) is 0 Å². The summed E-state index contributed by atoms with van der Waals surface area (Å²) in [6, 6.07) is 16.2. The number of nitrogens with zero attached hydrogens (tertiary/aromatic N) is 2. The third-order valence-corrected chi connectivity index (χ3v) is 5.04. The maximum absolute atomic E-state index is 12.8. The summed E-state index contributed by atoms with van der Waals surface area (Å²) in [5.74, 6) is 0.0262. The van der Waals surface area contributed by atoms with Crippen LogP contribution >= 0.6 is 15.9 Å². The summed E-state index contributed by atoms with van der Waals surface area (Å²) in [6.45, 7) is 1.39. The van der Waals surface area contributed by atoms with E-state index >= 15 is 0 Å².